The zero-order valence-corrected chi connectivity index (χ0v) is 19.6. The number of ether oxygens (including phenoxy) is 1. The Labute approximate surface area is 176 Å². The van der Waals surface area contributed by atoms with E-state index in [4.69, 9.17) is 4.74 Å². The second-order valence-electron chi connectivity index (χ2n) is 7.09. The van der Waals surface area contributed by atoms with Gasteiger partial charge in [0.2, 0.25) is 0 Å². The van der Waals surface area contributed by atoms with Gasteiger partial charge < -0.3 is 20.3 Å². The molecular formula is C19H36IN5O. The summed E-state index contributed by atoms with van der Waals surface area (Å²) in [6.45, 7) is 14.1. The van der Waals surface area contributed by atoms with E-state index in [9.17, 15) is 0 Å². The highest BCUT2D eigenvalue weighted by molar-refractivity contribution is 14.0. The summed E-state index contributed by atoms with van der Waals surface area (Å²) >= 11 is 0. The van der Waals surface area contributed by atoms with Gasteiger partial charge in [-0.05, 0) is 30.9 Å². The number of aromatic nitrogens is 1. The van der Waals surface area contributed by atoms with E-state index >= 15 is 0 Å². The third kappa shape index (κ3) is 8.07. The van der Waals surface area contributed by atoms with Gasteiger partial charge in [-0.2, -0.15) is 0 Å². The Bertz CT molecular complexity index is 524. The molecule has 26 heavy (non-hydrogen) atoms. The van der Waals surface area contributed by atoms with Gasteiger partial charge >= 0.3 is 0 Å². The van der Waals surface area contributed by atoms with Gasteiger partial charge in [0, 0.05) is 46.5 Å². The highest BCUT2D eigenvalue weighted by Gasteiger charge is 2.24. The molecule has 0 aliphatic carbocycles. The van der Waals surface area contributed by atoms with Gasteiger partial charge in [0.25, 0.3) is 0 Å². The van der Waals surface area contributed by atoms with Crippen LogP contribution in [0.3, 0.4) is 0 Å². The first-order valence-electron chi connectivity index (χ1n) is 9.02. The molecule has 1 aromatic rings. The van der Waals surface area contributed by atoms with Gasteiger partial charge in [-0.25, -0.2) is 4.98 Å². The van der Waals surface area contributed by atoms with Crippen molar-refractivity contribution in [3.63, 3.8) is 0 Å². The zero-order valence-electron chi connectivity index (χ0n) is 17.3. The van der Waals surface area contributed by atoms with E-state index in [1.165, 1.54) is 0 Å². The number of hydrogen-bond donors (Lipinski definition) is 2. The molecule has 0 aliphatic heterocycles. The molecule has 1 unspecified atom stereocenters. The van der Waals surface area contributed by atoms with Gasteiger partial charge in [0.15, 0.2) is 5.96 Å². The van der Waals surface area contributed by atoms with Gasteiger partial charge in [0.1, 0.15) is 5.82 Å². The highest BCUT2D eigenvalue weighted by Crippen LogP contribution is 2.20. The number of nitrogens with zero attached hydrogens (tertiary/aromatic N) is 3. The summed E-state index contributed by atoms with van der Waals surface area (Å²) in [6.07, 6.45) is 2.03. The average molecular weight is 477 g/mol. The molecule has 7 heteroatoms. The van der Waals surface area contributed by atoms with E-state index in [0.717, 1.165) is 30.4 Å². The minimum absolute atomic E-state index is 0. The number of guanidine groups is 1. The Morgan fingerprint density at radius 3 is 2.31 bits per heavy atom. The van der Waals surface area contributed by atoms with Crippen LogP contribution >= 0.6 is 24.0 Å². The molecular weight excluding hydrogens is 441 g/mol. The largest absolute Gasteiger partial charge is 0.379 e. The van der Waals surface area contributed by atoms with E-state index < -0.39 is 0 Å². The van der Waals surface area contributed by atoms with Gasteiger partial charge in [-0.1, -0.05) is 26.8 Å². The lowest BCUT2D eigenvalue weighted by Crippen LogP contribution is -2.45. The predicted octanol–water partition coefficient (Wildman–Crippen LogP) is 3.27. The molecule has 6 nitrogen and oxygen atoms in total. The van der Waals surface area contributed by atoms with Gasteiger partial charge in [0.05, 0.1) is 6.10 Å². The third-order valence-corrected chi connectivity index (χ3v) is 4.29. The molecule has 0 spiro atoms. The monoisotopic (exact) mass is 477 g/mol. The molecule has 1 rings (SSSR count). The minimum Gasteiger partial charge on any atom is -0.379 e. The number of halogens is 1. The number of methoxy groups -OCH3 is 1. The SMILES string of the molecule is CCN(CC)c1ccc(CNC(=NC)NCC(OC)C(C)(C)C)cn1.I. The van der Waals surface area contributed by atoms with Crippen LogP contribution in [0.25, 0.3) is 0 Å². The third-order valence-electron chi connectivity index (χ3n) is 4.29. The molecule has 2 N–H and O–H groups in total. The van der Waals surface area contributed by atoms with Crippen LogP contribution in [0.5, 0.6) is 0 Å². The maximum absolute atomic E-state index is 5.57. The van der Waals surface area contributed by atoms with Crippen molar-refractivity contribution in [3.8, 4) is 0 Å². The Morgan fingerprint density at radius 2 is 1.88 bits per heavy atom. The maximum Gasteiger partial charge on any atom is 0.191 e. The normalized spacial score (nSPS) is 13.0. The highest BCUT2D eigenvalue weighted by atomic mass is 127. The quantitative estimate of drug-likeness (QED) is 0.342. The fourth-order valence-electron chi connectivity index (χ4n) is 2.59. The molecule has 0 saturated carbocycles. The van der Waals surface area contributed by atoms with Crippen molar-refractivity contribution in [2.75, 3.05) is 38.7 Å². The van der Waals surface area contributed by atoms with E-state index in [2.05, 4.69) is 72.3 Å². The Morgan fingerprint density at radius 1 is 1.23 bits per heavy atom. The fraction of sp³-hybridized carbons (Fsp3) is 0.684. The standard InChI is InChI=1S/C19H35N5O.HI/c1-8-24(9-2)17-11-10-15(12-21-17)13-22-18(20-6)23-14-16(25-7)19(3,4)5;/h10-12,16H,8-9,13-14H2,1-7H3,(H2,20,22,23);1H. The summed E-state index contributed by atoms with van der Waals surface area (Å²) in [5, 5.41) is 6.65. The van der Waals surface area contributed by atoms with Crippen molar-refractivity contribution in [1.82, 2.24) is 15.6 Å². The summed E-state index contributed by atoms with van der Waals surface area (Å²) in [5.41, 5.74) is 1.20. The first-order chi connectivity index (χ1) is 11.8. The molecule has 0 aliphatic rings. The fourth-order valence-corrected chi connectivity index (χ4v) is 2.59. The van der Waals surface area contributed by atoms with Gasteiger partial charge in [-0.3, -0.25) is 4.99 Å². The molecule has 0 fully saturated rings. The van der Waals surface area contributed by atoms with Crippen LogP contribution in [0, 0.1) is 5.41 Å². The second-order valence-corrected chi connectivity index (χ2v) is 7.09. The van der Waals surface area contributed by atoms with Crippen molar-refractivity contribution in [2.24, 2.45) is 10.4 Å². The molecule has 1 atom stereocenters. The summed E-state index contributed by atoms with van der Waals surface area (Å²) in [7, 11) is 3.52. The molecule has 0 aromatic carbocycles. The first kappa shape index (κ1) is 24.9. The molecule has 1 aromatic heterocycles. The lowest BCUT2D eigenvalue weighted by atomic mass is 9.89. The Balaban J connectivity index is 0.00000625. The summed E-state index contributed by atoms with van der Waals surface area (Å²) < 4.78 is 5.57. The number of aliphatic imine (C=N–C) groups is 1. The molecule has 150 valence electrons. The Hall–Kier alpha value is -1.09. The smallest absolute Gasteiger partial charge is 0.191 e. The van der Waals surface area contributed by atoms with E-state index in [1.54, 1.807) is 14.2 Å². The van der Waals surface area contributed by atoms with Crippen molar-refractivity contribution in [3.05, 3.63) is 23.9 Å². The van der Waals surface area contributed by atoms with E-state index in [-0.39, 0.29) is 35.5 Å². The molecule has 0 amide bonds. The van der Waals surface area contributed by atoms with Crippen LogP contribution in [-0.4, -0.2) is 50.8 Å². The number of anilines is 1. The first-order valence-corrected chi connectivity index (χ1v) is 9.02. The van der Waals surface area contributed by atoms with Crippen LogP contribution in [0.1, 0.15) is 40.2 Å². The topological polar surface area (TPSA) is 61.8 Å². The minimum atomic E-state index is 0. The van der Waals surface area contributed by atoms with Crippen LogP contribution in [0.2, 0.25) is 0 Å². The van der Waals surface area contributed by atoms with E-state index in [0.29, 0.717) is 13.1 Å². The zero-order chi connectivity index (χ0) is 18.9. The number of nitrogens with one attached hydrogen (secondary N) is 2. The lowest BCUT2D eigenvalue weighted by Gasteiger charge is -2.30. The van der Waals surface area contributed by atoms with Crippen molar-refractivity contribution in [1.29, 1.82) is 0 Å². The van der Waals surface area contributed by atoms with Crippen molar-refractivity contribution in [2.45, 2.75) is 47.3 Å². The average Bonchev–Trinajstić information content (AvgIpc) is 2.59. The van der Waals surface area contributed by atoms with Gasteiger partial charge in [-0.15, -0.1) is 24.0 Å². The molecule has 0 bridgehead atoms. The molecule has 0 radical (unpaired) electrons. The lowest BCUT2D eigenvalue weighted by molar-refractivity contribution is 0.0205. The van der Waals surface area contributed by atoms with Crippen LogP contribution < -0.4 is 15.5 Å². The second kappa shape index (κ2) is 12.3. The summed E-state index contributed by atoms with van der Waals surface area (Å²) in [5.74, 6) is 1.78. The van der Waals surface area contributed by atoms with Crippen LogP contribution in [0.4, 0.5) is 5.82 Å². The van der Waals surface area contributed by atoms with Crippen LogP contribution in [0.15, 0.2) is 23.3 Å². The predicted molar refractivity (Wildman–Crippen MR) is 122 cm³/mol. The molecule has 0 saturated heterocycles. The summed E-state index contributed by atoms with van der Waals surface area (Å²) in [6, 6.07) is 4.18. The number of pyridine rings is 1. The van der Waals surface area contributed by atoms with Crippen molar-refractivity contribution >= 4 is 35.8 Å². The number of hydrogen-bond acceptors (Lipinski definition) is 4. The maximum atomic E-state index is 5.57. The van der Waals surface area contributed by atoms with Crippen LogP contribution in [-0.2, 0) is 11.3 Å². The van der Waals surface area contributed by atoms with Crippen molar-refractivity contribution < 1.29 is 4.74 Å². The summed E-state index contributed by atoms with van der Waals surface area (Å²) in [4.78, 5) is 11.1. The van der Waals surface area contributed by atoms with E-state index in [1.807, 2.05) is 6.20 Å². The Kier molecular flexibility index (Phi) is 11.8. The molecule has 1 heterocycles. The number of rotatable bonds is 8.